The minimum atomic E-state index is 0.963. The molecule has 0 bridgehead atoms. The Bertz CT molecular complexity index is 71.2. The first-order valence-corrected chi connectivity index (χ1v) is 10.5. The Kier molecular flexibility index (Phi) is 13.6. The van der Waals surface area contributed by atoms with Gasteiger partial charge in [0.1, 0.15) is 0 Å². The van der Waals surface area contributed by atoms with Crippen LogP contribution in [0.2, 0.25) is 4.44 Å². The van der Waals surface area contributed by atoms with Crippen LogP contribution < -0.4 is 0 Å². The van der Waals surface area contributed by atoms with Gasteiger partial charge >= 0.3 is 98.1 Å². The van der Waals surface area contributed by atoms with Gasteiger partial charge in [0.2, 0.25) is 0 Å². The van der Waals surface area contributed by atoms with Crippen molar-refractivity contribution in [3.8, 4) is 0 Å². The van der Waals surface area contributed by atoms with Crippen molar-refractivity contribution in [2.45, 2.75) is 75.6 Å². The molecule has 0 aliphatic rings. The molecule has 1 heteroatoms. The van der Waals surface area contributed by atoms with Crippen molar-refractivity contribution >= 4 is 22.5 Å². The standard InChI is InChI=1S/C12H25.Sn.3H/c1-3-5-7-9-11-12-10-8-6-4-2;;;;/h1,3-12H2,2H3;;;;. The summed E-state index contributed by atoms with van der Waals surface area (Å²) in [6.07, 6.45) is 14.8. The SMILES string of the molecule is CCCCCCCCCCC[CH2][SnH3]. The second kappa shape index (κ2) is 12.8. The van der Waals surface area contributed by atoms with Crippen molar-refractivity contribution < 1.29 is 0 Å². The van der Waals surface area contributed by atoms with E-state index in [1.165, 1.54) is 64.2 Å². The normalized spacial score (nSPS) is 10.8. The van der Waals surface area contributed by atoms with Crippen LogP contribution in [-0.2, 0) is 0 Å². The summed E-state index contributed by atoms with van der Waals surface area (Å²) in [5.74, 6) is 0. The summed E-state index contributed by atoms with van der Waals surface area (Å²) in [6.45, 7) is 2.29. The van der Waals surface area contributed by atoms with Crippen LogP contribution in [0.3, 0.4) is 0 Å². The number of hydrogen-bond acceptors (Lipinski definition) is 0. The average molecular weight is 291 g/mol. The van der Waals surface area contributed by atoms with E-state index in [9.17, 15) is 0 Å². The molecular formula is C12H28Sn. The van der Waals surface area contributed by atoms with Crippen molar-refractivity contribution in [3.63, 3.8) is 0 Å². The molecule has 0 aromatic carbocycles. The van der Waals surface area contributed by atoms with Crippen LogP contribution in [0.15, 0.2) is 0 Å². The van der Waals surface area contributed by atoms with E-state index in [4.69, 9.17) is 0 Å². The molecule has 0 nitrogen and oxygen atoms in total. The van der Waals surface area contributed by atoms with Crippen LogP contribution >= 0.6 is 0 Å². The first kappa shape index (κ1) is 13.8. The van der Waals surface area contributed by atoms with Gasteiger partial charge in [-0.2, -0.15) is 0 Å². The summed E-state index contributed by atoms with van der Waals surface area (Å²) < 4.78 is 1.58. The van der Waals surface area contributed by atoms with Crippen LogP contribution in [0, 0.1) is 0 Å². The van der Waals surface area contributed by atoms with E-state index < -0.39 is 0 Å². The molecule has 0 radical (unpaired) electrons. The summed E-state index contributed by atoms with van der Waals surface area (Å²) in [4.78, 5) is 0. The molecule has 0 rings (SSSR count). The molecule has 0 aliphatic heterocycles. The molecule has 0 fully saturated rings. The van der Waals surface area contributed by atoms with E-state index in [0.717, 1.165) is 22.5 Å². The molecule has 0 saturated heterocycles. The minimum absolute atomic E-state index is 0.963. The third-order valence-corrected chi connectivity index (χ3v) is 4.73. The van der Waals surface area contributed by atoms with E-state index in [1.54, 1.807) is 4.44 Å². The van der Waals surface area contributed by atoms with Gasteiger partial charge in [0.05, 0.1) is 0 Å². The molecule has 0 aromatic rings. The summed E-state index contributed by atoms with van der Waals surface area (Å²) in [5.41, 5.74) is 0. The molecule has 0 N–H and O–H groups in total. The van der Waals surface area contributed by atoms with Gasteiger partial charge in [-0.25, -0.2) is 0 Å². The molecule has 0 unspecified atom stereocenters. The van der Waals surface area contributed by atoms with Gasteiger partial charge in [0, 0.05) is 0 Å². The number of unbranched alkanes of at least 4 members (excludes halogenated alkanes) is 9. The second-order valence-corrected chi connectivity index (χ2v) is 7.04. The zero-order chi connectivity index (χ0) is 9.78. The van der Waals surface area contributed by atoms with Gasteiger partial charge in [-0.3, -0.25) is 0 Å². The van der Waals surface area contributed by atoms with E-state index in [-0.39, 0.29) is 0 Å². The summed E-state index contributed by atoms with van der Waals surface area (Å²) in [5, 5.41) is 0. The van der Waals surface area contributed by atoms with Crippen LogP contribution in [0.1, 0.15) is 71.1 Å². The molecule has 0 aromatic heterocycles. The van der Waals surface area contributed by atoms with Gasteiger partial charge < -0.3 is 0 Å². The second-order valence-electron chi connectivity index (χ2n) is 4.18. The quantitative estimate of drug-likeness (QED) is 0.425. The fraction of sp³-hybridized carbons (Fsp3) is 1.00. The fourth-order valence-corrected chi connectivity index (χ4v) is 3.16. The van der Waals surface area contributed by atoms with Crippen molar-refractivity contribution in [1.82, 2.24) is 0 Å². The van der Waals surface area contributed by atoms with Gasteiger partial charge in [0.15, 0.2) is 0 Å². The number of rotatable bonds is 10. The Morgan fingerprint density at radius 3 is 1.38 bits per heavy atom. The zero-order valence-corrected chi connectivity index (χ0v) is 15.5. The summed E-state index contributed by atoms with van der Waals surface area (Å²) >= 11 is 0.963. The topological polar surface area (TPSA) is 0 Å². The van der Waals surface area contributed by atoms with Gasteiger partial charge in [-0.1, -0.05) is 0 Å². The predicted molar refractivity (Wildman–Crippen MR) is 66.6 cm³/mol. The van der Waals surface area contributed by atoms with Crippen LogP contribution in [-0.4, -0.2) is 22.5 Å². The van der Waals surface area contributed by atoms with E-state index in [0.29, 0.717) is 0 Å². The molecule has 0 heterocycles. The van der Waals surface area contributed by atoms with E-state index in [1.807, 2.05) is 0 Å². The monoisotopic (exact) mass is 292 g/mol. The van der Waals surface area contributed by atoms with Crippen molar-refractivity contribution in [3.05, 3.63) is 0 Å². The van der Waals surface area contributed by atoms with Crippen LogP contribution in [0.25, 0.3) is 0 Å². The Hall–Kier alpha value is 0.799. The van der Waals surface area contributed by atoms with Crippen LogP contribution in [0.5, 0.6) is 0 Å². The Labute approximate surface area is 98.0 Å². The van der Waals surface area contributed by atoms with E-state index in [2.05, 4.69) is 6.92 Å². The molecule has 0 atom stereocenters. The average Bonchev–Trinajstić information content (AvgIpc) is 2.16. The third kappa shape index (κ3) is 12.8. The van der Waals surface area contributed by atoms with Gasteiger partial charge in [-0.05, 0) is 0 Å². The molecule has 80 valence electrons. The molecule has 0 spiro atoms. The van der Waals surface area contributed by atoms with Gasteiger partial charge in [0.25, 0.3) is 0 Å². The fourth-order valence-electron chi connectivity index (χ4n) is 1.74. The Balaban J connectivity index is 2.76. The zero-order valence-electron chi connectivity index (χ0n) is 9.78. The molecule has 0 amide bonds. The summed E-state index contributed by atoms with van der Waals surface area (Å²) in [6, 6.07) is 0. The third-order valence-electron chi connectivity index (χ3n) is 2.71. The molecular weight excluding hydrogens is 263 g/mol. The first-order chi connectivity index (χ1) is 6.41. The number of hydrogen-bond donors (Lipinski definition) is 0. The van der Waals surface area contributed by atoms with E-state index >= 15 is 0 Å². The Morgan fingerprint density at radius 1 is 0.615 bits per heavy atom. The van der Waals surface area contributed by atoms with Crippen molar-refractivity contribution in [2.75, 3.05) is 0 Å². The Morgan fingerprint density at radius 2 is 1.00 bits per heavy atom. The maximum atomic E-state index is 2.29. The molecule has 13 heavy (non-hydrogen) atoms. The van der Waals surface area contributed by atoms with Gasteiger partial charge in [-0.15, -0.1) is 0 Å². The van der Waals surface area contributed by atoms with Crippen LogP contribution in [0.4, 0.5) is 0 Å². The first-order valence-electron chi connectivity index (χ1n) is 6.41. The predicted octanol–water partition coefficient (Wildman–Crippen LogP) is 3.69. The molecule has 0 aliphatic carbocycles. The molecule has 0 saturated carbocycles. The summed E-state index contributed by atoms with van der Waals surface area (Å²) in [7, 11) is 0. The van der Waals surface area contributed by atoms with Crippen molar-refractivity contribution in [2.24, 2.45) is 0 Å². The van der Waals surface area contributed by atoms with Crippen molar-refractivity contribution in [1.29, 1.82) is 0 Å². The maximum absolute atomic E-state index is 2.29.